The predicted octanol–water partition coefficient (Wildman–Crippen LogP) is 2.99. The van der Waals surface area contributed by atoms with E-state index in [1.807, 2.05) is 25.5 Å². The van der Waals surface area contributed by atoms with Gasteiger partial charge in [-0.25, -0.2) is 4.79 Å². The van der Waals surface area contributed by atoms with Gasteiger partial charge in [0.15, 0.2) is 0 Å². The number of aromatic nitrogens is 2. The molecule has 3 aliphatic carbocycles. The molecule has 10 heteroatoms. The maximum atomic E-state index is 11.9. The van der Waals surface area contributed by atoms with Gasteiger partial charge < -0.3 is 15.4 Å². The third-order valence-corrected chi connectivity index (χ3v) is 4.53. The molecule has 0 aromatic carbocycles. The van der Waals surface area contributed by atoms with Crippen molar-refractivity contribution in [1.29, 1.82) is 0 Å². The molecule has 3 aliphatic rings. The van der Waals surface area contributed by atoms with E-state index in [0.29, 0.717) is 5.69 Å². The average Bonchev–Trinajstić information content (AvgIpc) is 2.82. The van der Waals surface area contributed by atoms with Crippen molar-refractivity contribution in [3.63, 3.8) is 0 Å². The van der Waals surface area contributed by atoms with Crippen molar-refractivity contribution >= 4 is 11.8 Å². The average molecular weight is 376 g/mol. The highest BCUT2D eigenvalue weighted by Crippen LogP contribution is 2.65. The van der Waals surface area contributed by atoms with Gasteiger partial charge in [-0.1, -0.05) is 0 Å². The highest BCUT2D eigenvalue weighted by Gasteiger charge is 2.70. The van der Waals surface area contributed by atoms with Gasteiger partial charge in [0.2, 0.25) is 0 Å². The molecule has 1 aromatic heterocycles. The summed E-state index contributed by atoms with van der Waals surface area (Å²) in [6, 6.07) is 0. The first-order valence-corrected chi connectivity index (χ1v) is 8.41. The summed E-state index contributed by atoms with van der Waals surface area (Å²) in [6.07, 6.45) is 0.588. The summed E-state index contributed by atoms with van der Waals surface area (Å²) in [7, 11) is 0. The zero-order chi connectivity index (χ0) is 19.2. The molecule has 3 saturated carbocycles. The van der Waals surface area contributed by atoms with Gasteiger partial charge in [-0.15, -0.1) is 13.2 Å². The quantitative estimate of drug-likeness (QED) is 0.747. The molecule has 7 nitrogen and oxygen atoms in total. The molecule has 0 aliphatic heterocycles. The van der Waals surface area contributed by atoms with Gasteiger partial charge in [-0.3, -0.25) is 9.42 Å². The minimum absolute atomic E-state index is 0.0301. The van der Waals surface area contributed by atoms with Crippen LogP contribution < -0.4 is 10.6 Å². The molecule has 0 atom stereocenters. The van der Waals surface area contributed by atoms with E-state index < -0.39 is 24.7 Å². The fourth-order valence-corrected chi connectivity index (χ4v) is 3.67. The van der Waals surface area contributed by atoms with Gasteiger partial charge in [0.25, 0.3) is 0 Å². The minimum Gasteiger partial charge on any atom is -0.444 e. The monoisotopic (exact) mass is 376 g/mol. The molecule has 2 N–H and O–H groups in total. The number of ether oxygens (including phenoxy) is 2. The van der Waals surface area contributed by atoms with Crippen molar-refractivity contribution in [2.24, 2.45) is 0 Å². The van der Waals surface area contributed by atoms with E-state index in [2.05, 4.69) is 20.5 Å². The summed E-state index contributed by atoms with van der Waals surface area (Å²) in [5, 5.41) is 10.1. The van der Waals surface area contributed by atoms with Crippen LogP contribution in [0.25, 0.3) is 0 Å². The summed E-state index contributed by atoms with van der Waals surface area (Å²) in [5.41, 5.74) is -0.265. The Morgan fingerprint density at radius 3 is 2.54 bits per heavy atom. The van der Waals surface area contributed by atoms with Gasteiger partial charge in [-0.05, 0) is 40.0 Å². The third kappa shape index (κ3) is 4.05. The van der Waals surface area contributed by atoms with Crippen molar-refractivity contribution in [2.45, 2.75) is 63.1 Å². The number of halogens is 3. The maximum absolute atomic E-state index is 11.9. The first kappa shape index (κ1) is 18.8. The Morgan fingerprint density at radius 1 is 1.31 bits per heavy atom. The number of rotatable bonds is 6. The molecule has 1 amide bonds. The van der Waals surface area contributed by atoms with Crippen molar-refractivity contribution in [3.8, 4) is 0 Å². The summed E-state index contributed by atoms with van der Waals surface area (Å²) >= 11 is 0. The molecule has 146 valence electrons. The van der Waals surface area contributed by atoms with E-state index in [9.17, 15) is 18.0 Å². The maximum Gasteiger partial charge on any atom is 0.522 e. The van der Waals surface area contributed by atoms with Gasteiger partial charge in [-0.2, -0.15) is 5.10 Å². The molecule has 26 heavy (non-hydrogen) atoms. The molecule has 0 saturated heterocycles. The van der Waals surface area contributed by atoms with Crippen molar-refractivity contribution in [3.05, 3.63) is 12.4 Å². The molecule has 3 fully saturated rings. The number of anilines is 1. The van der Waals surface area contributed by atoms with Crippen molar-refractivity contribution in [1.82, 2.24) is 15.1 Å². The summed E-state index contributed by atoms with van der Waals surface area (Å²) in [5.74, 6) is 0. The van der Waals surface area contributed by atoms with Crippen LogP contribution in [0.2, 0.25) is 0 Å². The summed E-state index contributed by atoms with van der Waals surface area (Å²) in [6.45, 7) is 5.00. The lowest BCUT2D eigenvalue weighted by Crippen LogP contribution is -2.79. The second-order valence-corrected chi connectivity index (χ2v) is 8.06. The summed E-state index contributed by atoms with van der Waals surface area (Å²) < 4.78 is 46.5. The highest BCUT2D eigenvalue weighted by atomic mass is 19.4. The Morgan fingerprint density at radius 2 is 1.96 bits per heavy atom. The van der Waals surface area contributed by atoms with Crippen LogP contribution in [0.5, 0.6) is 0 Å². The van der Waals surface area contributed by atoms with E-state index in [1.165, 1.54) is 0 Å². The smallest absolute Gasteiger partial charge is 0.444 e. The van der Waals surface area contributed by atoms with E-state index in [-0.39, 0.29) is 17.6 Å². The molecule has 1 heterocycles. The number of hydrogen-bond acceptors (Lipinski definition) is 5. The Balaban J connectivity index is 1.44. The molecule has 0 spiro atoms. The minimum atomic E-state index is -4.62. The normalized spacial score (nSPS) is 27.3. The van der Waals surface area contributed by atoms with Crippen molar-refractivity contribution in [2.75, 3.05) is 18.5 Å². The Hall–Kier alpha value is -1.97. The van der Waals surface area contributed by atoms with Crippen LogP contribution in [0.1, 0.15) is 40.0 Å². The fraction of sp³-hybridized carbons (Fsp3) is 0.750. The van der Waals surface area contributed by atoms with E-state index in [0.717, 1.165) is 19.3 Å². The number of amides is 1. The second-order valence-electron chi connectivity index (χ2n) is 8.06. The first-order chi connectivity index (χ1) is 11.9. The molecular weight excluding hydrogens is 353 g/mol. The lowest BCUT2D eigenvalue weighted by molar-refractivity contribution is -0.322. The van der Waals surface area contributed by atoms with Crippen LogP contribution >= 0.6 is 0 Å². The van der Waals surface area contributed by atoms with Gasteiger partial charge in [0, 0.05) is 12.7 Å². The molecule has 0 radical (unpaired) electrons. The third-order valence-electron chi connectivity index (χ3n) is 4.53. The van der Waals surface area contributed by atoms with Crippen molar-refractivity contribution < 1.29 is 27.4 Å². The topological polar surface area (TPSA) is 77.4 Å². The number of hydrogen-bond donors (Lipinski definition) is 2. The number of alkyl halides is 3. The molecule has 1 aromatic rings. The Labute approximate surface area is 149 Å². The summed E-state index contributed by atoms with van der Waals surface area (Å²) in [4.78, 5) is 11.9. The van der Waals surface area contributed by atoms with Crippen LogP contribution in [0, 0.1) is 0 Å². The Bertz CT molecular complexity index is 661. The lowest BCUT2D eigenvalue weighted by Gasteiger charge is -2.69. The van der Waals surface area contributed by atoms with Gasteiger partial charge in [0.05, 0.1) is 29.6 Å². The molecule has 0 unspecified atom stereocenters. The van der Waals surface area contributed by atoms with Crippen LogP contribution in [0.3, 0.4) is 0 Å². The number of nitrogens with zero attached hydrogens (tertiary/aromatic N) is 2. The van der Waals surface area contributed by atoms with E-state index in [1.54, 1.807) is 12.4 Å². The number of alkyl carbamates (subject to hydrolysis) is 1. The van der Waals surface area contributed by atoms with Gasteiger partial charge >= 0.3 is 12.5 Å². The zero-order valence-corrected chi connectivity index (χ0v) is 14.9. The SMILES string of the molecule is CC(C)(C)OC(=O)NC12CC(n3cc(NCCOC(F)(F)F)cn3)(C1)C2. The van der Waals surface area contributed by atoms with E-state index >= 15 is 0 Å². The standard InChI is InChI=1S/C16H23F3N4O3/c1-13(2,3)26-12(24)22-14-8-15(9-14,10-14)23-7-11(6-21-23)20-4-5-25-16(17,18)19/h6-7,20H,4-5,8-10H2,1-3H3,(H,22,24). The number of carbonyl (C=O) groups excluding carboxylic acids is 1. The zero-order valence-electron chi connectivity index (χ0n) is 14.9. The fourth-order valence-electron chi connectivity index (χ4n) is 3.67. The largest absolute Gasteiger partial charge is 0.522 e. The van der Waals surface area contributed by atoms with E-state index in [4.69, 9.17) is 4.74 Å². The van der Waals surface area contributed by atoms with Crippen LogP contribution in [-0.2, 0) is 15.0 Å². The molecule has 2 bridgehead atoms. The molecular formula is C16H23F3N4O3. The number of nitrogens with one attached hydrogen (secondary N) is 2. The van der Waals surface area contributed by atoms with Crippen LogP contribution in [0.15, 0.2) is 12.4 Å². The van der Waals surface area contributed by atoms with Crippen LogP contribution in [-0.4, -0.2) is 46.5 Å². The van der Waals surface area contributed by atoms with Crippen LogP contribution in [0.4, 0.5) is 23.7 Å². The Kier molecular flexibility index (Phi) is 4.37. The predicted molar refractivity (Wildman–Crippen MR) is 86.6 cm³/mol. The van der Waals surface area contributed by atoms with Gasteiger partial charge in [0.1, 0.15) is 5.60 Å². The second kappa shape index (κ2) is 6.04. The first-order valence-electron chi connectivity index (χ1n) is 8.41. The number of carbonyl (C=O) groups is 1. The molecule has 4 rings (SSSR count). The lowest BCUT2D eigenvalue weighted by atomic mass is 9.44. The highest BCUT2D eigenvalue weighted by molar-refractivity contribution is 5.70.